The van der Waals surface area contributed by atoms with Gasteiger partial charge in [-0.25, -0.2) is 8.42 Å². The van der Waals surface area contributed by atoms with Crippen LogP contribution in [0.3, 0.4) is 0 Å². The van der Waals surface area contributed by atoms with Crippen molar-refractivity contribution in [2.75, 3.05) is 30.9 Å². The molecule has 1 fully saturated rings. The summed E-state index contributed by atoms with van der Waals surface area (Å²) >= 11 is 2.00. The van der Waals surface area contributed by atoms with E-state index in [0.717, 1.165) is 25.3 Å². The van der Waals surface area contributed by atoms with Crippen molar-refractivity contribution >= 4 is 21.6 Å². The average molecular weight is 313 g/mol. The van der Waals surface area contributed by atoms with Gasteiger partial charge in [-0.05, 0) is 18.5 Å². The first kappa shape index (κ1) is 15.9. The lowest BCUT2D eigenvalue weighted by molar-refractivity contribution is 0.201. The molecule has 2 rings (SSSR count). The molecule has 0 aromatic heterocycles. The minimum absolute atomic E-state index is 0.284. The molecule has 1 aromatic rings. The Kier molecular flexibility index (Phi) is 5.52. The smallest absolute Gasteiger partial charge is 0.147 e. The summed E-state index contributed by atoms with van der Waals surface area (Å²) in [5.41, 5.74) is 1.34. The predicted molar refractivity (Wildman–Crippen MR) is 87.0 cm³/mol. The van der Waals surface area contributed by atoms with Crippen LogP contribution in [0.4, 0.5) is 0 Å². The fourth-order valence-electron chi connectivity index (χ4n) is 2.80. The van der Waals surface area contributed by atoms with Crippen molar-refractivity contribution in [3.63, 3.8) is 0 Å². The van der Waals surface area contributed by atoms with E-state index in [-0.39, 0.29) is 5.75 Å². The van der Waals surface area contributed by atoms with Crippen LogP contribution in [-0.2, 0) is 9.84 Å². The molecule has 0 N–H and O–H groups in total. The molecule has 1 heterocycles. The normalized spacial score (nSPS) is 24.7. The Hall–Kier alpha value is -0.520. The van der Waals surface area contributed by atoms with E-state index in [1.165, 1.54) is 11.8 Å². The van der Waals surface area contributed by atoms with E-state index in [2.05, 4.69) is 36.1 Å². The second kappa shape index (κ2) is 6.96. The molecule has 1 aliphatic heterocycles. The van der Waals surface area contributed by atoms with Crippen molar-refractivity contribution in [1.29, 1.82) is 0 Å². The Labute approximate surface area is 126 Å². The highest BCUT2D eigenvalue weighted by Crippen LogP contribution is 2.35. The largest absolute Gasteiger partial charge is 0.294 e. The second-order valence-electron chi connectivity index (χ2n) is 5.45. The average Bonchev–Trinajstić information content (AvgIpc) is 2.38. The summed E-state index contributed by atoms with van der Waals surface area (Å²) < 4.78 is 22.5. The molecule has 1 aromatic carbocycles. The molecule has 0 radical (unpaired) electrons. The molecule has 5 heteroatoms. The fourth-order valence-corrected chi connectivity index (χ4v) is 4.67. The zero-order chi connectivity index (χ0) is 14.6. The first-order valence-electron chi connectivity index (χ1n) is 7.06. The highest BCUT2D eigenvalue weighted by Gasteiger charge is 2.29. The molecule has 3 nitrogen and oxygen atoms in total. The number of thioether (sulfide) groups is 1. The Balaban J connectivity index is 2.05. The first-order chi connectivity index (χ1) is 9.47. The van der Waals surface area contributed by atoms with Crippen LogP contribution in [0.25, 0.3) is 0 Å². The maximum Gasteiger partial charge on any atom is 0.147 e. The molecular weight excluding hydrogens is 290 g/mol. The van der Waals surface area contributed by atoms with Crippen LogP contribution in [0.5, 0.6) is 0 Å². The van der Waals surface area contributed by atoms with Gasteiger partial charge in [-0.2, -0.15) is 11.8 Å². The van der Waals surface area contributed by atoms with E-state index in [4.69, 9.17) is 0 Å². The lowest BCUT2D eigenvalue weighted by Gasteiger charge is -2.40. The molecule has 1 saturated heterocycles. The van der Waals surface area contributed by atoms with Gasteiger partial charge >= 0.3 is 0 Å². The molecule has 2 atom stereocenters. The third-order valence-corrected chi connectivity index (χ3v) is 5.93. The van der Waals surface area contributed by atoms with Gasteiger partial charge in [-0.15, -0.1) is 0 Å². The molecule has 0 saturated carbocycles. The van der Waals surface area contributed by atoms with E-state index in [9.17, 15) is 8.42 Å². The molecule has 0 aliphatic carbocycles. The van der Waals surface area contributed by atoms with Gasteiger partial charge in [0.1, 0.15) is 9.84 Å². The maximum absolute atomic E-state index is 11.3. The van der Waals surface area contributed by atoms with Crippen LogP contribution in [-0.4, -0.2) is 49.4 Å². The third kappa shape index (κ3) is 4.50. The topological polar surface area (TPSA) is 37.4 Å². The van der Waals surface area contributed by atoms with Crippen molar-refractivity contribution in [3.8, 4) is 0 Å². The van der Waals surface area contributed by atoms with Crippen LogP contribution < -0.4 is 0 Å². The van der Waals surface area contributed by atoms with E-state index in [1.807, 2.05) is 17.8 Å². The molecule has 0 spiro atoms. The van der Waals surface area contributed by atoms with E-state index in [1.54, 1.807) is 0 Å². The zero-order valence-electron chi connectivity index (χ0n) is 12.2. The molecule has 0 bridgehead atoms. The molecule has 1 aliphatic rings. The summed E-state index contributed by atoms with van der Waals surface area (Å²) in [4.78, 5) is 2.45. The number of hydrogen-bond acceptors (Lipinski definition) is 4. The quantitative estimate of drug-likeness (QED) is 0.837. The Bertz CT molecular complexity index is 516. The van der Waals surface area contributed by atoms with E-state index in [0.29, 0.717) is 11.3 Å². The van der Waals surface area contributed by atoms with Crippen molar-refractivity contribution in [3.05, 3.63) is 35.9 Å². The fraction of sp³-hybridized carbons (Fsp3) is 0.600. The number of hydrogen-bond donors (Lipinski definition) is 0. The maximum atomic E-state index is 11.3. The van der Waals surface area contributed by atoms with E-state index >= 15 is 0 Å². The summed E-state index contributed by atoms with van der Waals surface area (Å²) in [5.74, 6) is 1.41. The number of benzene rings is 1. The third-order valence-electron chi connectivity index (χ3n) is 3.70. The minimum atomic E-state index is -2.85. The second-order valence-corrected chi connectivity index (χ2v) is 9.20. The van der Waals surface area contributed by atoms with Gasteiger partial charge in [0.2, 0.25) is 0 Å². The van der Waals surface area contributed by atoms with Crippen LogP contribution in [0.2, 0.25) is 0 Å². The number of nitrogens with zero attached hydrogens (tertiary/aromatic N) is 1. The van der Waals surface area contributed by atoms with Gasteiger partial charge in [0.05, 0.1) is 5.75 Å². The SMILES string of the molecule is CC1SCCN(CCCS(C)(=O)=O)C1c1ccccc1. The van der Waals surface area contributed by atoms with Gasteiger partial charge in [0.25, 0.3) is 0 Å². The monoisotopic (exact) mass is 313 g/mol. The lowest BCUT2D eigenvalue weighted by Crippen LogP contribution is -2.41. The van der Waals surface area contributed by atoms with Crippen molar-refractivity contribution in [2.45, 2.75) is 24.6 Å². The number of rotatable bonds is 5. The van der Waals surface area contributed by atoms with Gasteiger partial charge in [-0.1, -0.05) is 37.3 Å². The molecule has 112 valence electrons. The van der Waals surface area contributed by atoms with Gasteiger partial charge in [-0.3, -0.25) is 4.90 Å². The van der Waals surface area contributed by atoms with Crippen molar-refractivity contribution in [1.82, 2.24) is 4.90 Å². The standard InChI is InChI=1S/C15H23NO2S2/c1-13-15(14-7-4-3-5-8-14)16(10-11-19-13)9-6-12-20(2,17)18/h3-5,7-8,13,15H,6,9-12H2,1-2H3. The summed E-state index contributed by atoms with van der Waals surface area (Å²) in [7, 11) is -2.85. The highest BCUT2D eigenvalue weighted by atomic mass is 32.2. The highest BCUT2D eigenvalue weighted by molar-refractivity contribution is 8.00. The predicted octanol–water partition coefficient (Wildman–Crippen LogP) is 2.60. The van der Waals surface area contributed by atoms with Crippen LogP contribution >= 0.6 is 11.8 Å². The zero-order valence-corrected chi connectivity index (χ0v) is 13.8. The van der Waals surface area contributed by atoms with Crippen LogP contribution in [0.15, 0.2) is 30.3 Å². The van der Waals surface area contributed by atoms with Crippen LogP contribution in [0.1, 0.15) is 24.9 Å². The summed E-state index contributed by atoms with van der Waals surface area (Å²) in [6.45, 7) is 4.17. The molecular formula is C15H23NO2S2. The van der Waals surface area contributed by atoms with Crippen molar-refractivity contribution in [2.24, 2.45) is 0 Å². The Morgan fingerprint density at radius 2 is 2.00 bits per heavy atom. The molecule has 20 heavy (non-hydrogen) atoms. The van der Waals surface area contributed by atoms with E-state index < -0.39 is 9.84 Å². The van der Waals surface area contributed by atoms with Gasteiger partial charge in [0, 0.05) is 29.8 Å². The summed E-state index contributed by atoms with van der Waals surface area (Å²) in [6, 6.07) is 11.0. The molecule has 2 unspecified atom stereocenters. The van der Waals surface area contributed by atoms with Crippen molar-refractivity contribution < 1.29 is 8.42 Å². The first-order valence-corrected chi connectivity index (χ1v) is 10.2. The Morgan fingerprint density at radius 3 is 2.65 bits per heavy atom. The van der Waals surface area contributed by atoms with Gasteiger partial charge in [0.15, 0.2) is 0 Å². The summed E-state index contributed by atoms with van der Waals surface area (Å²) in [6.07, 6.45) is 2.04. The van der Waals surface area contributed by atoms with Crippen LogP contribution in [0, 0.1) is 0 Å². The summed E-state index contributed by atoms with van der Waals surface area (Å²) in [5, 5.41) is 0.546. The lowest BCUT2D eigenvalue weighted by atomic mass is 10.0. The number of sulfone groups is 1. The van der Waals surface area contributed by atoms with Gasteiger partial charge < -0.3 is 0 Å². The molecule has 0 amide bonds. The minimum Gasteiger partial charge on any atom is -0.294 e. The Morgan fingerprint density at radius 1 is 1.30 bits per heavy atom.